The Balaban J connectivity index is 1.37. The highest BCUT2D eigenvalue weighted by Crippen LogP contribution is 2.47. The molecule has 5 atom stereocenters. The lowest BCUT2D eigenvalue weighted by atomic mass is 9.89. The van der Waals surface area contributed by atoms with E-state index >= 15 is 0 Å². The van der Waals surface area contributed by atoms with Crippen molar-refractivity contribution in [1.29, 1.82) is 0 Å². The zero-order valence-electron chi connectivity index (χ0n) is 18.7. The molecule has 0 spiro atoms. The van der Waals surface area contributed by atoms with Gasteiger partial charge in [-0.2, -0.15) is 0 Å². The number of allylic oxidation sites excluding steroid dienone is 1. The maximum absolute atomic E-state index is 12.2. The summed E-state index contributed by atoms with van der Waals surface area (Å²) in [5.41, 5.74) is 1.30. The van der Waals surface area contributed by atoms with Gasteiger partial charge >= 0.3 is 0 Å². The predicted molar refractivity (Wildman–Crippen MR) is 119 cm³/mol. The van der Waals surface area contributed by atoms with E-state index in [2.05, 4.69) is 19.1 Å². The number of piperidine rings is 1. The fourth-order valence-corrected chi connectivity index (χ4v) is 5.33. The minimum Gasteiger partial charge on any atom is -0.392 e. The number of ether oxygens (including phenoxy) is 1. The van der Waals surface area contributed by atoms with E-state index in [-0.39, 0.29) is 17.9 Å². The monoisotopic (exact) mass is 419 g/mol. The number of nitrogens with zero attached hydrogens (tertiary/aromatic N) is 1. The number of carbonyl (C=O) groups is 1. The Hall–Kier alpha value is -1.17. The average Bonchev–Trinajstić information content (AvgIpc) is 3.26. The zero-order valence-corrected chi connectivity index (χ0v) is 18.7. The van der Waals surface area contributed by atoms with Crippen LogP contribution in [0.1, 0.15) is 71.1 Å². The Morgan fingerprint density at radius 3 is 2.87 bits per heavy atom. The highest BCUT2D eigenvalue weighted by Gasteiger charge is 2.43. The molecule has 1 heterocycles. The Kier molecular flexibility index (Phi) is 9.41. The first-order valence-corrected chi connectivity index (χ1v) is 12.2. The van der Waals surface area contributed by atoms with Gasteiger partial charge in [-0.25, -0.2) is 0 Å². The second kappa shape index (κ2) is 12.0. The van der Waals surface area contributed by atoms with Gasteiger partial charge in [-0.3, -0.25) is 4.79 Å². The third-order valence-corrected chi connectivity index (χ3v) is 7.07. The second-order valence-corrected chi connectivity index (χ2v) is 9.43. The van der Waals surface area contributed by atoms with Crippen LogP contribution in [0.5, 0.6) is 0 Å². The fraction of sp³-hybridized carbons (Fsp3) is 0.800. The molecule has 0 aromatic carbocycles. The standard InChI is InChI=1S/C25H41NO4/c1-2-3-5-8-21(27)9-10-22-23-16-19(15-20(23)17-24(22)28)18-30-14-11-25(29)26-12-6-4-7-13-26/h9-10,15,20-24,27-28H,2-8,11-14,16-18H2,1H3/t20-,21-,22+,23-,24+/m0/s1. The summed E-state index contributed by atoms with van der Waals surface area (Å²) in [7, 11) is 0. The summed E-state index contributed by atoms with van der Waals surface area (Å²) < 4.78 is 5.82. The molecule has 2 fully saturated rings. The molecule has 5 nitrogen and oxygen atoms in total. The largest absolute Gasteiger partial charge is 0.392 e. The normalized spacial score (nSPS) is 30.0. The molecule has 1 amide bonds. The summed E-state index contributed by atoms with van der Waals surface area (Å²) in [4.78, 5) is 14.2. The SMILES string of the molecule is CCCCC[C@H](O)C=C[C@@H]1[C@H]2CC(COCCC(=O)N3CCCCC3)=C[C@H]2C[C@H]1O. The zero-order chi connectivity index (χ0) is 21.3. The van der Waals surface area contributed by atoms with Crippen LogP contribution in [0.4, 0.5) is 0 Å². The Morgan fingerprint density at radius 1 is 1.30 bits per heavy atom. The summed E-state index contributed by atoms with van der Waals surface area (Å²) in [6, 6.07) is 0. The van der Waals surface area contributed by atoms with E-state index in [0.29, 0.717) is 31.5 Å². The van der Waals surface area contributed by atoms with Crippen molar-refractivity contribution < 1.29 is 19.7 Å². The van der Waals surface area contributed by atoms with E-state index in [1.807, 2.05) is 11.0 Å². The van der Waals surface area contributed by atoms with Crippen LogP contribution in [-0.2, 0) is 9.53 Å². The molecule has 0 unspecified atom stereocenters. The molecule has 0 aromatic rings. The topological polar surface area (TPSA) is 70.0 Å². The number of rotatable bonds is 11. The Morgan fingerprint density at radius 2 is 2.10 bits per heavy atom. The van der Waals surface area contributed by atoms with Gasteiger partial charge in [0.25, 0.3) is 0 Å². The summed E-state index contributed by atoms with van der Waals surface area (Å²) >= 11 is 0. The van der Waals surface area contributed by atoms with Crippen molar-refractivity contribution in [3.8, 4) is 0 Å². The lowest BCUT2D eigenvalue weighted by Gasteiger charge is -2.26. The van der Waals surface area contributed by atoms with Gasteiger partial charge in [-0.1, -0.05) is 44.4 Å². The van der Waals surface area contributed by atoms with Crippen molar-refractivity contribution in [1.82, 2.24) is 4.90 Å². The fourth-order valence-electron chi connectivity index (χ4n) is 5.33. The van der Waals surface area contributed by atoms with Crippen LogP contribution in [0.3, 0.4) is 0 Å². The summed E-state index contributed by atoms with van der Waals surface area (Å²) in [5, 5.41) is 20.6. The number of fused-ring (bicyclic) bond motifs is 1. The molecule has 5 heteroatoms. The first-order chi connectivity index (χ1) is 14.6. The average molecular weight is 420 g/mol. The molecule has 1 saturated heterocycles. The van der Waals surface area contributed by atoms with E-state index in [9.17, 15) is 15.0 Å². The van der Waals surface area contributed by atoms with Crippen LogP contribution >= 0.6 is 0 Å². The number of amides is 1. The summed E-state index contributed by atoms with van der Waals surface area (Å²) in [5.74, 6) is 1.15. The molecule has 170 valence electrons. The van der Waals surface area contributed by atoms with Gasteiger partial charge < -0.3 is 19.8 Å². The van der Waals surface area contributed by atoms with Crippen molar-refractivity contribution >= 4 is 5.91 Å². The van der Waals surface area contributed by atoms with Crippen LogP contribution in [0.25, 0.3) is 0 Å². The van der Waals surface area contributed by atoms with E-state index in [1.165, 1.54) is 12.0 Å². The first-order valence-electron chi connectivity index (χ1n) is 12.2. The molecule has 0 aromatic heterocycles. The van der Waals surface area contributed by atoms with E-state index < -0.39 is 6.10 Å². The lowest BCUT2D eigenvalue weighted by molar-refractivity contribution is -0.133. The van der Waals surface area contributed by atoms with Crippen LogP contribution < -0.4 is 0 Å². The highest BCUT2D eigenvalue weighted by atomic mass is 16.5. The van der Waals surface area contributed by atoms with Crippen LogP contribution in [0, 0.1) is 17.8 Å². The van der Waals surface area contributed by atoms with Gasteiger partial charge in [0.2, 0.25) is 5.91 Å². The number of likely N-dealkylation sites (tertiary alicyclic amines) is 1. The maximum atomic E-state index is 12.2. The summed E-state index contributed by atoms with van der Waals surface area (Å²) in [6.45, 7) is 5.04. The van der Waals surface area contributed by atoms with Crippen LogP contribution in [0.2, 0.25) is 0 Å². The van der Waals surface area contributed by atoms with Gasteiger partial charge in [0.15, 0.2) is 0 Å². The number of hydrogen-bond donors (Lipinski definition) is 2. The number of carbonyl (C=O) groups excluding carboxylic acids is 1. The number of aliphatic hydroxyl groups excluding tert-OH is 2. The number of aliphatic hydroxyl groups is 2. The quantitative estimate of drug-likeness (QED) is 0.394. The predicted octanol–water partition coefficient (Wildman–Crippen LogP) is 3.85. The Bertz CT molecular complexity index is 596. The molecule has 2 aliphatic carbocycles. The van der Waals surface area contributed by atoms with Crippen molar-refractivity contribution in [2.24, 2.45) is 17.8 Å². The molecule has 30 heavy (non-hydrogen) atoms. The van der Waals surface area contributed by atoms with E-state index in [0.717, 1.165) is 64.5 Å². The van der Waals surface area contributed by atoms with E-state index in [1.54, 1.807) is 0 Å². The van der Waals surface area contributed by atoms with Gasteiger partial charge in [-0.05, 0) is 55.9 Å². The van der Waals surface area contributed by atoms with Gasteiger partial charge in [0, 0.05) is 19.0 Å². The molecule has 3 aliphatic rings. The minimum absolute atomic E-state index is 0.116. The van der Waals surface area contributed by atoms with Crippen molar-refractivity contribution in [3.05, 3.63) is 23.8 Å². The minimum atomic E-state index is -0.405. The van der Waals surface area contributed by atoms with Crippen molar-refractivity contribution in [2.45, 2.75) is 83.3 Å². The third kappa shape index (κ3) is 6.66. The molecule has 0 radical (unpaired) electrons. The first kappa shape index (κ1) is 23.5. The van der Waals surface area contributed by atoms with Crippen molar-refractivity contribution in [2.75, 3.05) is 26.3 Å². The van der Waals surface area contributed by atoms with E-state index in [4.69, 9.17) is 4.74 Å². The van der Waals surface area contributed by atoms with Gasteiger partial charge in [-0.15, -0.1) is 0 Å². The van der Waals surface area contributed by atoms with Crippen LogP contribution in [0.15, 0.2) is 23.8 Å². The molecule has 1 aliphatic heterocycles. The number of unbranched alkanes of at least 4 members (excludes halogenated alkanes) is 2. The highest BCUT2D eigenvalue weighted by molar-refractivity contribution is 5.76. The molecule has 1 saturated carbocycles. The molecule has 2 N–H and O–H groups in total. The van der Waals surface area contributed by atoms with Crippen molar-refractivity contribution in [3.63, 3.8) is 0 Å². The van der Waals surface area contributed by atoms with Crippen LogP contribution in [-0.4, -0.2) is 59.5 Å². The third-order valence-electron chi connectivity index (χ3n) is 7.07. The Labute approximate surface area is 182 Å². The second-order valence-electron chi connectivity index (χ2n) is 9.43. The van der Waals surface area contributed by atoms with Gasteiger partial charge in [0.05, 0.1) is 31.8 Å². The smallest absolute Gasteiger partial charge is 0.224 e. The lowest BCUT2D eigenvalue weighted by Crippen LogP contribution is -2.36. The van der Waals surface area contributed by atoms with Gasteiger partial charge in [0.1, 0.15) is 0 Å². The molecule has 0 bridgehead atoms. The maximum Gasteiger partial charge on any atom is 0.224 e. The summed E-state index contributed by atoms with van der Waals surface area (Å²) in [6.07, 6.45) is 15.4. The molecule has 3 rings (SSSR count). The molecular weight excluding hydrogens is 378 g/mol. The number of hydrogen-bond acceptors (Lipinski definition) is 4. The molecular formula is C25H41NO4.